The number of anilines is 1. The second kappa shape index (κ2) is 3.18. The number of nitrogen functional groups attached to an aromatic ring is 1. The van der Waals surface area contributed by atoms with Crippen molar-refractivity contribution in [2.75, 3.05) is 5.73 Å². The van der Waals surface area contributed by atoms with Gasteiger partial charge in [-0.1, -0.05) is 6.92 Å². The van der Waals surface area contributed by atoms with Gasteiger partial charge in [0.25, 0.3) is 0 Å². The van der Waals surface area contributed by atoms with E-state index in [1.807, 2.05) is 6.20 Å². The number of aryl methyl sites for hydroxylation is 1. The average Bonchev–Trinajstić information content (AvgIpc) is 1.95. The second-order valence-electron chi connectivity index (χ2n) is 2.06. The van der Waals surface area contributed by atoms with Gasteiger partial charge < -0.3 is 5.73 Å². The van der Waals surface area contributed by atoms with Crippen LogP contribution in [-0.4, -0.2) is 4.98 Å². The van der Waals surface area contributed by atoms with Crippen molar-refractivity contribution >= 4 is 28.4 Å². The van der Waals surface area contributed by atoms with E-state index in [-0.39, 0.29) is 0 Å². The first-order chi connectivity index (χ1) is 4.74. The molecule has 2 nitrogen and oxygen atoms in total. The van der Waals surface area contributed by atoms with Gasteiger partial charge in [-0.25, -0.2) is 4.98 Å². The maximum atomic E-state index is 5.52. The molecule has 1 rings (SSSR count). The molecule has 0 saturated heterocycles. The zero-order valence-corrected chi connectivity index (χ0v) is 7.92. The molecule has 3 heteroatoms. The Morgan fingerprint density at radius 3 is 2.90 bits per heavy atom. The lowest BCUT2D eigenvalue weighted by Crippen LogP contribution is -1.94. The van der Waals surface area contributed by atoms with Gasteiger partial charge >= 0.3 is 0 Å². The number of halogens is 1. The van der Waals surface area contributed by atoms with Crippen LogP contribution in [0.15, 0.2) is 12.3 Å². The molecule has 1 aromatic rings. The molecule has 2 N–H and O–H groups in total. The number of pyridine rings is 1. The van der Waals surface area contributed by atoms with Gasteiger partial charge in [-0.3, -0.25) is 0 Å². The summed E-state index contributed by atoms with van der Waals surface area (Å²) in [6.07, 6.45) is 2.83. The van der Waals surface area contributed by atoms with Crippen molar-refractivity contribution in [3.63, 3.8) is 0 Å². The molecule has 0 bridgehead atoms. The van der Waals surface area contributed by atoms with Gasteiger partial charge in [0.15, 0.2) is 0 Å². The monoisotopic (exact) mass is 248 g/mol. The summed E-state index contributed by atoms with van der Waals surface area (Å²) in [5.41, 5.74) is 6.76. The lowest BCUT2D eigenvalue weighted by molar-refractivity contribution is 1.10. The maximum Gasteiger partial charge on any atom is 0.136 e. The highest BCUT2D eigenvalue weighted by Gasteiger charge is 1.95. The summed E-state index contributed by atoms with van der Waals surface area (Å²) >= 11 is 2.19. The third-order valence-electron chi connectivity index (χ3n) is 1.33. The van der Waals surface area contributed by atoms with Crippen LogP contribution in [0.2, 0.25) is 0 Å². The van der Waals surface area contributed by atoms with E-state index in [1.165, 1.54) is 5.56 Å². The summed E-state index contributed by atoms with van der Waals surface area (Å²) in [7, 11) is 0. The standard InChI is InChI=1S/C7H9IN2/c1-2-5-3-6(8)7(9)10-4-5/h3-4H,2H2,1H3,(H2,9,10). The van der Waals surface area contributed by atoms with E-state index in [4.69, 9.17) is 5.73 Å². The summed E-state index contributed by atoms with van der Waals surface area (Å²) in [5, 5.41) is 0. The van der Waals surface area contributed by atoms with Crippen LogP contribution in [0, 0.1) is 3.57 Å². The molecule has 0 aromatic carbocycles. The Morgan fingerprint density at radius 2 is 2.40 bits per heavy atom. The van der Waals surface area contributed by atoms with Gasteiger partial charge in [0.05, 0.1) is 3.57 Å². The Bertz CT molecular complexity index is 235. The van der Waals surface area contributed by atoms with Crippen LogP contribution in [0.25, 0.3) is 0 Å². The maximum absolute atomic E-state index is 5.52. The summed E-state index contributed by atoms with van der Waals surface area (Å²) < 4.78 is 1.04. The summed E-state index contributed by atoms with van der Waals surface area (Å²) in [5.74, 6) is 0.623. The highest BCUT2D eigenvalue weighted by molar-refractivity contribution is 14.1. The van der Waals surface area contributed by atoms with Crippen LogP contribution in [0.3, 0.4) is 0 Å². The molecule has 0 atom stereocenters. The molecular formula is C7H9IN2. The normalized spacial score (nSPS) is 9.80. The van der Waals surface area contributed by atoms with Crippen LogP contribution in [-0.2, 0) is 6.42 Å². The van der Waals surface area contributed by atoms with E-state index in [2.05, 4.69) is 40.6 Å². The van der Waals surface area contributed by atoms with Gasteiger partial charge in [0, 0.05) is 6.20 Å². The number of aromatic nitrogens is 1. The Labute approximate surface area is 74.0 Å². The zero-order valence-electron chi connectivity index (χ0n) is 5.76. The van der Waals surface area contributed by atoms with E-state index < -0.39 is 0 Å². The molecular weight excluding hydrogens is 239 g/mol. The Hall–Kier alpha value is -0.320. The average molecular weight is 248 g/mol. The first-order valence-electron chi connectivity index (χ1n) is 3.14. The van der Waals surface area contributed by atoms with Crippen LogP contribution < -0.4 is 5.73 Å². The fraction of sp³-hybridized carbons (Fsp3) is 0.286. The zero-order chi connectivity index (χ0) is 7.56. The SMILES string of the molecule is CCc1cnc(N)c(I)c1. The minimum Gasteiger partial charge on any atom is -0.383 e. The highest BCUT2D eigenvalue weighted by Crippen LogP contribution is 2.12. The second-order valence-corrected chi connectivity index (χ2v) is 3.23. The van der Waals surface area contributed by atoms with E-state index in [9.17, 15) is 0 Å². The van der Waals surface area contributed by atoms with E-state index in [1.54, 1.807) is 0 Å². The molecule has 0 saturated carbocycles. The molecule has 0 amide bonds. The summed E-state index contributed by atoms with van der Waals surface area (Å²) in [6.45, 7) is 2.10. The van der Waals surface area contributed by atoms with Crippen molar-refractivity contribution in [1.29, 1.82) is 0 Å². The lowest BCUT2D eigenvalue weighted by Gasteiger charge is -1.98. The van der Waals surface area contributed by atoms with Gasteiger partial charge in [-0.2, -0.15) is 0 Å². The van der Waals surface area contributed by atoms with Gasteiger partial charge in [0.2, 0.25) is 0 Å². The van der Waals surface area contributed by atoms with Crippen molar-refractivity contribution in [3.8, 4) is 0 Å². The van der Waals surface area contributed by atoms with E-state index in [0.717, 1.165) is 9.99 Å². The summed E-state index contributed by atoms with van der Waals surface area (Å²) in [4.78, 5) is 4.02. The topological polar surface area (TPSA) is 38.9 Å². The molecule has 0 spiro atoms. The minimum atomic E-state index is 0.623. The van der Waals surface area contributed by atoms with Crippen LogP contribution >= 0.6 is 22.6 Å². The first-order valence-corrected chi connectivity index (χ1v) is 4.21. The number of nitrogens with zero attached hydrogens (tertiary/aromatic N) is 1. The van der Waals surface area contributed by atoms with Crippen molar-refractivity contribution in [2.45, 2.75) is 13.3 Å². The molecule has 0 unspecified atom stereocenters. The Balaban J connectivity index is 3.04. The molecule has 54 valence electrons. The highest BCUT2D eigenvalue weighted by atomic mass is 127. The molecule has 0 aliphatic rings. The quantitative estimate of drug-likeness (QED) is 0.770. The molecule has 0 fully saturated rings. The van der Waals surface area contributed by atoms with Crippen LogP contribution in [0.1, 0.15) is 12.5 Å². The third kappa shape index (κ3) is 1.59. The molecule has 1 aromatic heterocycles. The Kier molecular flexibility index (Phi) is 2.48. The fourth-order valence-corrected chi connectivity index (χ4v) is 1.22. The number of nitrogens with two attached hydrogens (primary N) is 1. The van der Waals surface area contributed by atoms with Gasteiger partial charge in [0.1, 0.15) is 5.82 Å². The Morgan fingerprint density at radius 1 is 1.70 bits per heavy atom. The first kappa shape index (κ1) is 7.78. The number of hydrogen-bond donors (Lipinski definition) is 1. The lowest BCUT2D eigenvalue weighted by atomic mass is 10.2. The van der Waals surface area contributed by atoms with Gasteiger partial charge in [-0.15, -0.1) is 0 Å². The predicted octanol–water partition coefficient (Wildman–Crippen LogP) is 1.83. The van der Waals surface area contributed by atoms with Crippen molar-refractivity contribution in [2.24, 2.45) is 0 Å². The smallest absolute Gasteiger partial charge is 0.136 e. The summed E-state index contributed by atoms with van der Waals surface area (Å²) in [6, 6.07) is 2.06. The van der Waals surface area contributed by atoms with Crippen molar-refractivity contribution in [1.82, 2.24) is 4.98 Å². The third-order valence-corrected chi connectivity index (χ3v) is 2.20. The van der Waals surface area contributed by atoms with Gasteiger partial charge in [-0.05, 0) is 40.6 Å². The van der Waals surface area contributed by atoms with Crippen molar-refractivity contribution < 1.29 is 0 Å². The van der Waals surface area contributed by atoms with Crippen LogP contribution in [0.5, 0.6) is 0 Å². The minimum absolute atomic E-state index is 0.623. The van der Waals surface area contributed by atoms with E-state index in [0.29, 0.717) is 5.82 Å². The molecule has 0 radical (unpaired) electrons. The molecule has 10 heavy (non-hydrogen) atoms. The predicted molar refractivity (Wildman–Crippen MR) is 50.7 cm³/mol. The largest absolute Gasteiger partial charge is 0.383 e. The van der Waals surface area contributed by atoms with Crippen LogP contribution in [0.4, 0.5) is 5.82 Å². The van der Waals surface area contributed by atoms with Crippen molar-refractivity contribution in [3.05, 3.63) is 21.4 Å². The fourth-order valence-electron chi connectivity index (χ4n) is 0.681. The molecule has 0 aliphatic heterocycles. The molecule has 1 heterocycles. The molecule has 0 aliphatic carbocycles. The number of rotatable bonds is 1. The number of hydrogen-bond acceptors (Lipinski definition) is 2. The van der Waals surface area contributed by atoms with E-state index >= 15 is 0 Å².